The van der Waals surface area contributed by atoms with Crippen LogP contribution in [0.5, 0.6) is 0 Å². The van der Waals surface area contributed by atoms with E-state index in [2.05, 4.69) is 16.6 Å². The second kappa shape index (κ2) is 7.59. The van der Waals surface area contributed by atoms with Crippen LogP contribution in [0.4, 0.5) is 0 Å². The Kier molecular flexibility index (Phi) is 7.16. The standard InChI is InChI=1S/C9H15NO3Se/c1-4-5-14-6-8(9(12)13-3)10-7(2)11/h4,8H,1,5-6H2,2-3H3,(H,10,11). The van der Waals surface area contributed by atoms with E-state index in [1.165, 1.54) is 14.0 Å². The fourth-order valence-corrected chi connectivity index (χ4v) is 2.42. The molecule has 0 bridgehead atoms. The third kappa shape index (κ3) is 5.78. The molecule has 0 aliphatic heterocycles. The van der Waals surface area contributed by atoms with Gasteiger partial charge in [0.2, 0.25) is 0 Å². The van der Waals surface area contributed by atoms with Crippen LogP contribution in [0.1, 0.15) is 6.92 Å². The van der Waals surface area contributed by atoms with Gasteiger partial charge in [0.15, 0.2) is 0 Å². The molecule has 0 aliphatic rings. The molecule has 1 N–H and O–H groups in total. The number of nitrogens with one attached hydrogen (secondary N) is 1. The Bertz CT molecular complexity index is 218. The predicted octanol–water partition coefficient (Wildman–Crippen LogP) is 0.391. The van der Waals surface area contributed by atoms with Gasteiger partial charge in [-0.25, -0.2) is 0 Å². The first-order chi connectivity index (χ1) is 6.61. The van der Waals surface area contributed by atoms with Crippen LogP contribution >= 0.6 is 0 Å². The van der Waals surface area contributed by atoms with Gasteiger partial charge in [0.25, 0.3) is 0 Å². The van der Waals surface area contributed by atoms with Crippen LogP contribution in [0, 0.1) is 0 Å². The zero-order chi connectivity index (χ0) is 11.0. The van der Waals surface area contributed by atoms with Crippen molar-refractivity contribution in [1.82, 2.24) is 5.32 Å². The van der Waals surface area contributed by atoms with E-state index in [0.717, 1.165) is 5.32 Å². The first-order valence-corrected chi connectivity index (χ1v) is 6.57. The van der Waals surface area contributed by atoms with E-state index in [9.17, 15) is 9.59 Å². The molecule has 0 aromatic rings. The van der Waals surface area contributed by atoms with Crippen molar-refractivity contribution in [2.75, 3.05) is 7.11 Å². The Morgan fingerprint density at radius 3 is 2.71 bits per heavy atom. The fraction of sp³-hybridized carbons (Fsp3) is 0.556. The van der Waals surface area contributed by atoms with Crippen molar-refractivity contribution in [3.8, 4) is 0 Å². The number of carbonyl (C=O) groups is 2. The molecule has 14 heavy (non-hydrogen) atoms. The van der Waals surface area contributed by atoms with E-state index in [4.69, 9.17) is 0 Å². The summed E-state index contributed by atoms with van der Waals surface area (Å²) in [6.45, 7) is 4.98. The molecular weight excluding hydrogens is 249 g/mol. The third-order valence-corrected chi connectivity index (χ3v) is 3.57. The van der Waals surface area contributed by atoms with Crippen molar-refractivity contribution in [2.45, 2.75) is 23.6 Å². The van der Waals surface area contributed by atoms with Gasteiger partial charge in [-0.15, -0.1) is 0 Å². The zero-order valence-corrected chi connectivity index (χ0v) is 10.1. The molecule has 0 heterocycles. The van der Waals surface area contributed by atoms with Gasteiger partial charge in [-0.05, 0) is 0 Å². The van der Waals surface area contributed by atoms with Gasteiger partial charge >= 0.3 is 89.8 Å². The third-order valence-electron chi connectivity index (χ3n) is 1.38. The summed E-state index contributed by atoms with van der Waals surface area (Å²) in [6.07, 6.45) is 1.81. The van der Waals surface area contributed by atoms with Crippen molar-refractivity contribution in [3.63, 3.8) is 0 Å². The maximum atomic E-state index is 11.2. The van der Waals surface area contributed by atoms with Gasteiger partial charge in [0.05, 0.1) is 0 Å². The number of methoxy groups -OCH3 is 1. The molecule has 1 amide bonds. The quantitative estimate of drug-likeness (QED) is 0.327. The van der Waals surface area contributed by atoms with E-state index in [0.29, 0.717) is 5.32 Å². The van der Waals surface area contributed by atoms with Crippen molar-refractivity contribution in [1.29, 1.82) is 0 Å². The van der Waals surface area contributed by atoms with Gasteiger partial charge in [-0.3, -0.25) is 0 Å². The molecule has 0 radical (unpaired) electrons. The average molecular weight is 264 g/mol. The molecule has 1 unspecified atom stereocenters. The van der Waals surface area contributed by atoms with Crippen molar-refractivity contribution in [3.05, 3.63) is 12.7 Å². The molecule has 0 saturated heterocycles. The maximum absolute atomic E-state index is 11.2. The Labute approximate surface area is 90.2 Å². The van der Waals surface area contributed by atoms with E-state index < -0.39 is 6.04 Å². The number of hydrogen-bond donors (Lipinski definition) is 1. The van der Waals surface area contributed by atoms with Crippen LogP contribution in [-0.4, -0.2) is 40.0 Å². The number of carbonyl (C=O) groups excluding carboxylic acids is 2. The first-order valence-electron chi connectivity index (χ1n) is 4.15. The summed E-state index contributed by atoms with van der Waals surface area (Å²) in [6, 6.07) is -0.502. The van der Waals surface area contributed by atoms with Gasteiger partial charge in [0.1, 0.15) is 0 Å². The SMILES string of the molecule is C=CC[Se]CC(NC(C)=O)C(=O)OC. The van der Waals surface area contributed by atoms with Crippen LogP contribution in [0.25, 0.3) is 0 Å². The molecule has 0 aliphatic carbocycles. The molecule has 0 spiro atoms. The summed E-state index contributed by atoms with van der Waals surface area (Å²) in [4.78, 5) is 22.0. The normalized spacial score (nSPS) is 11.6. The molecule has 4 nitrogen and oxygen atoms in total. The topological polar surface area (TPSA) is 55.4 Å². The van der Waals surface area contributed by atoms with Gasteiger partial charge in [-0.2, -0.15) is 0 Å². The van der Waals surface area contributed by atoms with Crippen molar-refractivity contribution in [2.24, 2.45) is 0 Å². The van der Waals surface area contributed by atoms with Crippen LogP contribution < -0.4 is 5.32 Å². The molecular formula is C9H15NO3Se. The Morgan fingerprint density at radius 1 is 1.64 bits per heavy atom. The van der Waals surface area contributed by atoms with E-state index in [1.807, 2.05) is 6.08 Å². The summed E-state index contributed by atoms with van der Waals surface area (Å²) in [5.74, 6) is -0.596. The van der Waals surface area contributed by atoms with E-state index in [-0.39, 0.29) is 26.8 Å². The second-order valence-electron chi connectivity index (χ2n) is 2.60. The molecule has 1 atom stereocenters. The first kappa shape index (κ1) is 13.2. The fourth-order valence-electron chi connectivity index (χ4n) is 0.825. The summed E-state index contributed by atoms with van der Waals surface area (Å²) >= 11 is 0.281. The zero-order valence-electron chi connectivity index (χ0n) is 8.41. The molecule has 0 fully saturated rings. The minimum atomic E-state index is -0.502. The summed E-state index contributed by atoms with van der Waals surface area (Å²) < 4.78 is 4.57. The van der Waals surface area contributed by atoms with Gasteiger partial charge in [0, 0.05) is 0 Å². The Morgan fingerprint density at radius 2 is 2.29 bits per heavy atom. The van der Waals surface area contributed by atoms with E-state index in [1.54, 1.807) is 0 Å². The van der Waals surface area contributed by atoms with Gasteiger partial charge in [-0.1, -0.05) is 0 Å². The van der Waals surface area contributed by atoms with E-state index >= 15 is 0 Å². The van der Waals surface area contributed by atoms with Gasteiger partial charge < -0.3 is 0 Å². The molecule has 80 valence electrons. The molecule has 0 aromatic heterocycles. The number of ether oxygens (including phenoxy) is 1. The Hall–Kier alpha value is -0.801. The summed E-state index contributed by atoms with van der Waals surface area (Å²) in [5.41, 5.74) is 0. The second-order valence-corrected chi connectivity index (χ2v) is 4.86. The van der Waals surface area contributed by atoms with Crippen molar-refractivity contribution >= 4 is 26.8 Å². The van der Waals surface area contributed by atoms with Crippen LogP contribution in [0.3, 0.4) is 0 Å². The van der Waals surface area contributed by atoms with Crippen LogP contribution in [-0.2, 0) is 14.3 Å². The van der Waals surface area contributed by atoms with Crippen molar-refractivity contribution < 1.29 is 14.3 Å². The molecule has 0 saturated carbocycles. The molecule has 0 aromatic carbocycles. The number of rotatable bonds is 6. The Balaban J connectivity index is 4.03. The van der Waals surface area contributed by atoms with Crippen LogP contribution in [0.2, 0.25) is 10.6 Å². The number of allylic oxidation sites excluding steroid dienone is 1. The number of esters is 1. The summed E-state index contributed by atoms with van der Waals surface area (Å²) in [7, 11) is 1.32. The van der Waals surface area contributed by atoms with Crippen LogP contribution in [0.15, 0.2) is 12.7 Å². The number of hydrogen-bond acceptors (Lipinski definition) is 3. The average Bonchev–Trinajstić information content (AvgIpc) is 2.15. The molecule has 5 heteroatoms. The summed E-state index contributed by atoms with van der Waals surface area (Å²) in [5, 5.41) is 4.09. The number of amides is 1. The monoisotopic (exact) mass is 265 g/mol. The molecule has 0 rings (SSSR count). The predicted molar refractivity (Wildman–Crippen MR) is 55.2 cm³/mol. The minimum absolute atomic E-state index is 0.213.